The van der Waals surface area contributed by atoms with Gasteiger partial charge in [0.05, 0.1) is 11.6 Å². The minimum Gasteiger partial charge on any atom is -0.315 e. The van der Waals surface area contributed by atoms with E-state index in [1.807, 2.05) is 12.3 Å². The van der Waals surface area contributed by atoms with Crippen LogP contribution in [0.3, 0.4) is 0 Å². The summed E-state index contributed by atoms with van der Waals surface area (Å²) in [4.78, 5) is 14.3. The molecule has 5 heteroatoms. The first-order chi connectivity index (χ1) is 8.72. The molecule has 2 rings (SSSR count). The zero-order valence-electron chi connectivity index (χ0n) is 10.5. The van der Waals surface area contributed by atoms with E-state index in [1.165, 1.54) is 30.6 Å². The van der Waals surface area contributed by atoms with E-state index in [-0.39, 0.29) is 11.9 Å². The molecule has 0 radical (unpaired) electrons. The Labute approximate surface area is 111 Å². The molecule has 1 aromatic heterocycles. The highest BCUT2D eigenvalue weighted by atomic mass is 32.1. The molecule has 0 unspecified atom stereocenters. The average molecular weight is 263 g/mol. The summed E-state index contributed by atoms with van der Waals surface area (Å²) in [6.45, 7) is 3.91. The molecule has 1 aromatic rings. The number of piperidine rings is 1. The van der Waals surface area contributed by atoms with Crippen molar-refractivity contribution < 1.29 is 4.79 Å². The predicted molar refractivity (Wildman–Crippen MR) is 72.5 cm³/mol. The summed E-state index contributed by atoms with van der Waals surface area (Å²) in [6.07, 6.45) is 3.59. The number of rotatable bonds is 3. The second-order valence-corrected chi connectivity index (χ2v) is 5.45. The van der Waals surface area contributed by atoms with Crippen LogP contribution in [0.1, 0.15) is 31.7 Å². The summed E-state index contributed by atoms with van der Waals surface area (Å²) in [5, 5.41) is 14.2. The van der Waals surface area contributed by atoms with Gasteiger partial charge >= 0.3 is 0 Å². The first kappa shape index (κ1) is 13.1. The second-order valence-electron chi connectivity index (χ2n) is 4.54. The smallest absolute Gasteiger partial charge is 0.242 e. The molecule has 0 saturated carbocycles. The second kappa shape index (κ2) is 5.98. The predicted octanol–water partition coefficient (Wildman–Crippen LogP) is 2.43. The van der Waals surface area contributed by atoms with Crippen LogP contribution in [0.15, 0.2) is 11.4 Å². The molecular weight excluding hydrogens is 246 g/mol. The number of anilines is 1. The number of nitriles is 1. The van der Waals surface area contributed by atoms with Crippen LogP contribution in [0, 0.1) is 11.3 Å². The zero-order chi connectivity index (χ0) is 13.0. The zero-order valence-corrected chi connectivity index (χ0v) is 11.3. The van der Waals surface area contributed by atoms with Gasteiger partial charge in [-0.1, -0.05) is 6.42 Å². The molecular formula is C13H17N3OS. The summed E-state index contributed by atoms with van der Waals surface area (Å²) >= 11 is 1.39. The van der Waals surface area contributed by atoms with Crippen molar-refractivity contribution in [1.82, 2.24) is 4.90 Å². The van der Waals surface area contributed by atoms with E-state index in [4.69, 9.17) is 5.26 Å². The molecule has 1 amide bonds. The van der Waals surface area contributed by atoms with Crippen LogP contribution in [0.5, 0.6) is 0 Å². The fourth-order valence-electron chi connectivity index (χ4n) is 2.18. The van der Waals surface area contributed by atoms with Gasteiger partial charge in [0.25, 0.3) is 0 Å². The normalized spacial score (nSPS) is 18.0. The highest BCUT2D eigenvalue weighted by Gasteiger charge is 2.23. The average Bonchev–Trinajstić information content (AvgIpc) is 2.86. The van der Waals surface area contributed by atoms with Crippen LogP contribution in [-0.4, -0.2) is 29.9 Å². The first-order valence-corrected chi connectivity index (χ1v) is 7.13. The summed E-state index contributed by atoms with van der Waals surface area (Å²) in [5.74, 6) is -0.0177. The van der Waals surface area contributed by atoms with E-state index in [1.54, 1.807) is 6.07 Å². The Kier molecular flexibility index (Phi) is 4.34. The third-order valence-corrected chi connectivity index (χ3v) is 4.17. The van der Waals surface area contributed by atoms with Crippen LogP contribution in [0.4, 0.5) is 5.00 Å². The van der Waals surface area contributed by atoms with Crippen molar-refractivity contribution in [3.8, 4) is 6.07 Å². The maximum atomic E-state index is 12.1. The highest BCUT2D eigenvalue weighted by molar-refractivity contribution is 7.14. The minimum atomic E-state index is -0.126. The summed E-state index contributed by atoms with van der Waals surface area (Å²) < 4.78 is 0. The Balaban J connectivity index is 1.97. The largest absolute Gasteiger partial charge is 0.315 e. The Hall–Kier alpha value is -1.38. The minimum absolute atomic E-state index is 0.0177. The van der Waals surface area contributed by atoms with Gasteiger partial charge in [0.2, 0.25) is 5.91 Å². The molecule has 0 spiro atoms. The maximum Gasteiger partial charge on any atom is 0.242 e. The summed E-state index contributed by atoms with van der Waals surface area (Å²) in [5.41, 5.74) is 0.541. The fourth-order valence-corrected chi connectivity index (χ4v) is 2.92. The lowest BCUT2D eigenvalue weighted by Crippen LogP contribution is -2.44. The molecule has 1 saturated heterocycles. The number of hydrogen-bond acceptors (Lipinski definition) is 4. The lowest BCUT2D eigenvalue weighted by Gasteiger charge is -2.31. The van der Waals surface area contributed by atoms with Crippen LogP contribution >= 0.6 is 11.3 Å². The Morgan fingerprint density at radius 2 is 2.22 bits per heavy atom. The van der Waals surface area contributed by atoms with E-state index in [2.05, 4.69) is 16.3 Å². The van der Waals surface area contributed by atoms with Crippen molar-refractivity contribution in [2.24, 2.45) is 0 Å². The molecule has 1 fully saturated rings. The molecule has 0 aliphatic carbocycles. The number of nitrogens with zero attached hydrogens (tertiary/aromatic N) is 2. The summed E-state index contributed by atoms with van der Waals surface area (Å²) in [7, 11) is 0. The van der Waals surface area contributed by atoms with Gasteiger partial charge in [0, 0.05) is 0 Å². The number of thiophene rings is 1. The molecule has 18 heavy (non-hydrogen) atoms. The molecule has 2 heterocycles. The van der Waals surface area contributed by atoms with Gasteiger partial charge in [-0.2, -0.15) is 5.26 Å². The van der Waals surface area contributed by atoms with Crippen molar-refractivity contribution in [1.29, 1.82) is 5.26 Å². The SMILES string of the molecule is C[C@H](C(=O)Nc1sccc1C#N)N1CCCCC1. The lowest BCUT2D eigenvalue weighted by atomic mass is 10.1. The van der Waals surface area contributed by atoms with Crippen molar-refractivity contribution in [2.45, 2.75) is 32.2 Å². The number of hydrogen-bond donors (Lipinski definition) is 1. The van der Waals surface area contributed by atoms with Gasteiger partial charge in [-0.15, -0.1) is 11.3 Å². The van der Waals surface area contributed by atoms with Crippen molar-refractivity contribution in [3.05, 3.63) is 17.0 Å². The molecule has 0 aromatic carbocycles. The Morgan fingerprint density at radius 3 is 2.89 bits per heavy atom. The molecule has 1 atom stereocenters. The van der Waals surface area contributed by atoms with Crippen LogP contribution in [0.25, 0.3) is 0 Å². The van der Waals surface area contributed by atoms with Gasteiger partial charge in [0.1, 0.15) is 11.1 Å². The number of carbonyl (C=O) groups excluding carboxylic acids is 1. The Bertz CT molecular complexity index is 457. The van der Waals surface area contributed by atoms with E-state index in [0.29, 0.717) is 10.6 Å². The van der Waals surface area contributed by atoms with Gasteiger partial charge in [0.15, 0.2) is 0 Å². The van der Waals surface area contributed by atoms with Crippen LogP contribution in [-0.2, 0) is 4.79 Å². The third-order valence-electron chi connectivity index (χ3n) is 3.34. The maximum absolute atomic E-state index is 12.1. The Morgan fingerprint density at radius 1 is 1.50 bits per heavy atom. The topological polar surface area (TPSA) is 56.1 Å². The monoisotopic (exact) mass is 263 g/mol. The first-order valence-electron chi connectivity index (χ1n) is 6.25. The molecule has 1 N–H and O–H groups in total. The van der Waals surface area contributed by atoms with Gasteiger partial charge in [-0.05, 0) is 44.3 Å². The number of carbonyl (C=O) groups is 1. The number of amides is 1. The van der Waals surface area contributed by atoms with Crippen molar-refractivity contribution >= 4 is 22.2 Å². The lowest BCUT2D eigenvalue weighted by molar-refractivity contribution is -0.121. The highest BCUT2D eigenvalue weighted by Crippen LogP contribution is 2.23. The van der Waals surface area contributed by atoms with Gasteiger partial charge in [-0.3, -0.25) is 9.69 Å². The molecule has 4 nitrogen and oxygen atoms in total. The van der Waals surface area contributed by atoms with E-state index in [9.17, 15) is 4.79 Å². The van der Waals surface area contributed by atoms with E-state index < -0.39 is 0 Å². The van der Waals surface area contributed by atoms with Gasteiger partial charge < -0.3 is 5.32 Å². The number of nitrogens with one attached hydrogen (secondary N) is 1. The van der Waals surface area contributed by atoms with Crippen molar-refractivity contribution in [3.63, 3.8) is 0 Å². The van der Waals surface area contributed by atoms with Crippen LogP contribution < -0.4 is 5.32 Å². The third kappa shape index (κ3) is 2.89. The quantitative estimate of drug-likeness (QED) is 0.911. The fraction of sp³-hybridized carbons (Fsp3) is 0.538. The van der Waals surface area contributed by atoms with Gasteiger partial charge in [-0.25, -0.2) is 0 Å². The molecule has 1 aliphatic heterocycles. The summed E-state index contributed by atoms with van der Waals surface area (Å²) in [6, 6.07) is 3.68. The molecule has 1 aliphatic rings. The van der Waals surface area contributed by atoms with E-state index in [0.717, 1.165) is 13.1 Å². The number of likely N-dealkylation sites (tertiary alicyclic amines) is 1. The van der Waals surface area contributed by atoms with Crippen LogP contribution in [0.2, 0.25) is 0 Å². The molecule has 0 bridgehead atoms. The molecule has 96 valence electrons. The standard InChI is InChI=1S/C13H17N3OS/c1-10(16-6-3-2-4-7-16)12(17)15-13-11(9-14)5-8-18-13/h5,8,10H,2-4,6-7H2,1H3,(H,15,17)/t10-/m1/s1. The van der Waals surface area contributed by atoms with Crippen molar-refractivity contribution in [2.75, 3.05) is 18.4 Å². The van der Waals surface area contributed by atoms with E-state index >= 15 is 0 Å².